The second-order valence-electron chi connectivity index (χ2n) is 6.83. The van der Waals surface area contributed by atoms with E-state index in [0.29, 0.717) is 6.54 Å². The highest BCUT2D eigenvalue weighted by atomic mass is 35.5. The zero-order valence-corrected chi connectivity index (χ0v) is 16.8. The van der Waals surface area contributed by atoms with Crippen LogP contribution in [0.5, 0.6) is 0 Å². The molecule has 0 spiro atoms. The van der Waals surface area contributed by atoms with Crippen LogP contribution in [0.15, 0.2) is 60.0 Å². The molecule has 1 amide bonds. The quantitative estimate of drug-likeness (QED) is 0.632. The summed E-state index contributed by atoms with van der Waals surface area (Å²) in [6.45, 7) is 2.14. The van der Waals surface area contributed by atoms with Crippen LogP contribution in [0.3, 0.4) is 0 Å². The fourth-order valence-electron chi connectivity index (χ4n) is 3.67. The van der Waals surface area contributed by atoms with Crippen LogP contribution in [0.1, 0.15) is 32.4 Å². The van der Waals surface area contributed by atoms with Gasteiger partial charge in [0.2, 0.25) is 0 Å². The van der Waals surface area contributed by atoms with Crippen LogP contribution in [0.4, 0.5) is 4.39 Å². The number of halogens is 2. The summed E-state index contributed by atoms with van der Waals surface area (Å²) in [6, 6.07) is 16.9. The van der Waals surface area contributed by atoms with Gasteiger partial charge >= 0.3 is 0 Å². The number of benzene rings is 2. The van der Waals surface area contributed by atoms with Gasteiger partial charge in [-0.2, -0.15) is 0 Å². The molecule has 2 aromatic carbocycles. The molecular formula is C22H20ClFN2OS. The monoisotopic (exact) mass is 414 g/mol. The van der Waals surface area contributed by atoms with E-state index in [1.165, 1.54) is 34.2 Å². The fraction of sp³-hybridized carbons (Fsp3) is 0.227. The van der Waals surface area contributed by atoms with E-state index in [-0.39, 0.29) is 16.6 Å². The number of carbonyl (C=O) groups is 1. The molecule has 2 heterocycles. The van der Waals surface area contributed by atoms with Crippen molar-refractivity contribution in [2.75, 3.05) is 13.1 Å². The summed E-state index contributed by atoms with van der Waals surface area (Å²) in [4.78, 5) is 16.1. The van der Waals surface area contributed by atoms with Crippen molar-refractivity contribution in [3.63, 3.8) is 0 Å². The molecule has 0 fully saturated rings. The summed E-state index contributed by atoms with van der Waals surface area (Å²) < 4.78 is 14.1. The van der Waals surface area contributed by atoms with E-state index >= 15 is 0 Å². The molecule has 144 valence electrons. The van der Waals surface area contributed by atoms with Crippen LogP contribution >= 0.6 is 22.9 Å². The third-order valence-corrected chi connectivity index (χ3v) is 6.41. The van der Waals surface area contributed by atoms with Crippen LogP contribution in [-0.2, 0) is 13.0 Å². The number of hydrogen-bond donors (Lipinski definition) is 1. The highest BCUT2D eigenvalue weighted by molar-refractivity contribution is 7.10. The summed E-state index contributed by atoms with van der Waals surface area (Å²) in [6.07, 6.45) is 0.977. The molecule has 28 heavy (non-hydrogen) atoms. The minimum Gasteiger partial charge on any atom is -0.350 e. The predicted octanol–water partition coefficient (Wildman–Crippen LogP) is 5.07. The number of nitrogens with zero attached hydrogens (tertiary/aromatic N) is 1. The van der Waals surface area contributed by atoms with Gasteiger partial charge in [0.1, 0.15) is 5.82 Å². The molecule has 1 aliphatic heterocycles. The van der Waals surface area contributed by atoms with Gasteiger partial charge in [0.15, 0.2) is 0 Å². The first kappa shape index (κ1) is 19.1. The lowest BCUT2D eigenvalue weighted by Crippen LogP contribution is -2.40. The molecule has 1 N–H and O–H groups in total. The Labute approximate surface area is 172 Å². The second-order valence-corrected chi connectivity index (χ2v) is 8.21. The zero-order chi connectivity index (χ0) is 19.5. The van der Waals surface area contributed by atoms with Gasteiger partial charge < -0.3 is 5.32 Å². The maximum atomic E-state index is 14.1. The molecule has 3 nitrogen and oxygen atoms in total. The Kier molecular flexibility index (Phi) is 5.76. The number of amides is 1. The Morgan fingerprint density at radius 1 is 1.14 bits per heavy atom. The normalized spacial score (nSPS) is 15.1. The summed E-state index contributed by atoms with van der Waals surface area (Å²) >= 11 is 7.70. The van der Waals surface area contributed by atoms with E-state index in [1.54, 1.807) is 11.3 Å². The molecule has 0 bridgehead atoms. The van der Waals surface area contributed by atoms with Crippen molar-refractivity contribution in [3.8, 4) is 0 Å². The highest BCUT2D eigenvalue weighted by Crippen LogP contribution is 2.30. The number of nitrogens with one attached hydrogen (secondary N) is 1. The Morgan fingerprint density at radius 2 is 1.96 bits per heavy atom. The van der Waals surface area contributed by atoms with Crippen LogP contribution in [-0.4, -0.2) is 23.9 Å². The fourth-order valence-corrected chi connectivity index (χ4v) is 4.78. The Balaban J connectivity index is 1.53. The minimum atomic E-state index is -0.607. The number of fused-ring (bicyclic) bond motifs is 1. The first-order chi connectivity index (χ1) is 13.6. The van der Waals surface area contributed by atoms with Crippen LogP contribution < -0.4 is 5.32 Å². The van der Waals surface area contributed by atoms with Crippen LogP contribution in [0.25, 0.3) is 0 Å². The Bertz CT molecular complexity index is 956. The zero-order valence-electron chi connectivity index (χ0n) is 15.2. The van der Waals surface area contributed by atoms with Gasteiger partial charge in [-0.3, -0.25) is 9.69 Å². The van der Waals surface area contributed by atoms with E-state index < -0.39 is 11.7 Å². The number of carbonyl (C=O) groups excluding carboxylic acids is 1. The van der Waals surface area contributed by atoms with E-state index in [1.807, 2.05) is 11.4 Å². The van der Waals surface area contributed by atoms with Gasteiger partial charge in [-0.25, -0.2) is 4.39 Å². The van der Waals surface area contributed by atoms with E-state index in [4.69, 9.17) is 11.6 Å². The van der Waals surface area contributed by atoms with Gasteiger partial charge in [0, 0.05) is 24.5 Å². The summed E-state index contributed by atoms with van der Waals surface area (Å²) in [5.74, 6) is -1.09. The molecule has 1 aromatic heterocycles. The van der Waals surface area contributed by atoms with Crippen molar-refractivity contribution in [2.45, 2.75) is 19.0 Å². The van der Waals surface area contributed by atoms with Gasteiger partial charge in [0.25, 0.3) is 5.91 Å². The first-order valence-electron chi connectivity index (χ1n) is 9.20. The third-order valence-electron chi connectivity index (χ3n) is 5.12. The summed E-state index contributed by atoms with van der Waals surface area (Å²) in [5.41, 5.74) is 2.60. The lowest BCUT2D eigenvalue weighted by Gasteiger charge is -2.35. The second kappa shape index (κ2) is 8.43. The maximum absolute atomic E-state index is 14.1. The number of rotatable bonds is 5. The molecule has 0 saturated carbocycles. The van der Waals surface area contributed by atoms with Crippen molar-refractivity contribution in [1.29, 1.82) is 0 Å². The van der Waals surface area contributed by atoms with Crippen molar-refractivity contribution in [1.82, 2.24) is 10.2 Å². The molecular weight excluding hydrogens is 395 g/mol. The Morgan fingerprint density at radius 3 is 2.71 bits per heavy atom. The molecule has 6 heteroatoms. The SMILES string of the molecule is O=C(NC[C@H](c1cccs1)N1CCc2ccccc2C1)c1c(F)cccc1Cl. The average Bonchev–Trinajstić information content (AvgIpc) is 3.22. The molecule has 4 rings (SSSR count). The molecule has 3 aromatic rings. The van der Waals surface area contributed by atoms with E-state index in [0.717, 1.165) is 19.5 Å². The molecule has 0 unspecified atom stereocenters. The molecule has 0 aliphatic carbocycles. The smallest absolute Gasteiger partial charge is 0.255 e. The molecule has 0 radical (unpaired) electrons. The molecule has 0 saturated heterocycles. The predicted molar refractivity (Wildman–Crippen MR) is 111 cm³/mol. The van der Waals surface area contributed by atoms with Crippen LogP contribution in [0.2, 0.25) is 5.02 Å². The van der Waals surface area contributed by atoms with E-state index in [2.05, 4.69) is 40.5 Å². The van der Waals surface area contributed by atoms with Crippen molar-refractivity contribution < 1.29 is 9.18 Å². The largest absolute Gasteiger partial charge is 0.350 e. The van der Waals surface area contributed by atoms with Gasteiger partial charge in [0.05, 0.1) is 16.6 Å². The van der Waals surface area contributed by atoms with E-state index in [9.17, 15) is 9.18 Å². The van der Waals surface area contributed by atoms with Crippen LogP contribution in [0, 0.1) is 5.82 Å². The lowest BCUT2D eigenvalue weighted by molar-refractivity contribution is 0.0925. The van der Waals surface area contributed by atoms with Crippen molar-refractivity contribution >= 4 is 28.8 Å². The Hall–Kier alpha value is -2.21. The first-order valence-corrected chi connectivity index (χ1v) is 10.5. The number of hydrogen-bond acceptors (Lipinski definition) is 3. The average molecular weight is 415 g/mol. The summed E-state index contributed by atoms with van der Waals surface area (Å²) in [7, 11) is 0. The topological polar surface area (TPSA) is 32.3 Å². The van der Waals surface area contributed by atoms with Gasteiger partial charge in [-0.05, 0) is 41.1 Å². The van der Waals surface area contributed by atoms with Crippen molar-refractivity contribution in [3.05, 3.63) is 92.4 Å². The highest BCUT2D eigenvalue weighted by Gasteiger charge is 2.26. The minimum absolute atomic E-state index is 0.0304. The van der Waals surface area contributed by atoms with Crippen molar-refractivity contribution in [2.24, 2.45) is 0 Å². The van der Waals surface area contributed by atoms with Gasteiger partial charge in [-0.1, -0.05) is 48.0 Å². The summed E-state index contributed by atoms with van der Waals surface area (Å²) in [5, 5.41) is 5.05. The lowest BCUT2D eigenvalue weighted by atomic mass is 9.98. The van der Waals surface area contributed by atoms with Gasteiger partial charge in [-0.15, -0.1) is 11.3 Å². The number of thiophene rings is 1. The standard InChI is InChI=1S/C22H20ClFN2OS/c23-17-7-3-8-18(24)21(17)22(27)25-13-19(20-9-4-12-28-20)26-11-10-15-5-1-2-6-16(15)14-26/h1-9,12,19H,10-11,13-14H2,(H,25,27)/t19-/m1/s1. The molecule has 1 aliphatic rings. The third kappa shape index (κ3) is 3.97. The maximum Gasteiger partial charge on any atom is 0.255 e. The molecule has 1 atom stereocenters.